The van der Waals surface area contributed by atoms with Gasteiger partial charge in [-0.3, -0.25) is 4.90 Å². The number of fused-ring (bicyclic) bond motifs is 2. The maximum absolute atomic E-state index is 12.6. The van der Waals surface area contributed by atoms with Crippen LogP contribution in [-0.2, 0) is 6.42 Å². The van der Waals surface area contributed by atoms with Crippen LogP contribution < -0.4 is 10.6 Å². The van der Waals surface area contributed by atoms with Crippen molar-refractivity contribution >= 4 is 39.7 Å². The smallest absolute Gasteiger partial charge is 0.317 e. The minimum Gasteiger partial charge on any atom is -0.378 e. The number of aromatic amines is 1. The summed E-state index contributed by atoms with van der Waals surface area (Å²) < 4.78 is 0. The number of H-pyrrole nitrogens is 1. The highest BCUT2D eigenvalue weighted by molar-refractivity contribution is 7.80. The lowest BCUT2D eigenvalue weighted by molar-refractivity contribution is 0.193. The minimum atomic E-state index is -0.00652. The fourth-order valence-electron chi connectivity index (χ4n) is 4.71. The number of carbonyl (C=O) groups is 1. The van der Waals surface area contributed by atoms with Crippen molar-refractivity contribution in [1.29, 1.82) is 0 Å². The van der Waals surface area contributed by atoms with Gasteiger partial charge in [-0.2, -0.15) is 0 Å². The SMILES string of the molecule is CCN(CC)C(=O)N[C@H]1C=C2c3cccc4[nH]c(C(=S)NC)c(c34)C[C@H]2N(C)C1. The Kier molecular flexibility index (Phi) is 5.36. The monoisotopic (exact) mass is 411 g/mol. The van der Waals surface area contributed by atoms with Crippen LogP contribution in [0.2, 0.25) is 0 Å². The third-order valence-electron chi connectivity index (χ3n) is 6.21. The van der Waals surface area contributed by atoms with Gasteiger partial charge in [-0.1, -0.05) is 30.4 Å². The summed E-state index contributed by atoms with van der Waals surface area (Å²) >= 11 is 5.55. The van der Waals surface area contributed by atoms with Gasteiger partial charge in [0.15, 0.2) is 0 Å². The summed E-state index contributed by atoms with van der Waals surface area (Å²) in [6, 6.07) is 6.66. The van der Waals surface area contributed by atoms with Gasteiger partial charge in [0.2, 0.25) is 0 Å². The highest BCUT2D eigenvalue weighted by Gasteiger charge is 2.35. The summed E-state index contributed by atoms with van der Waals surface area (Å²) in [5.74, 6) is 0. The van der Waals surface area contributed by atoms with Crippen molar-refractivity contribution < 1.29 is 4.79 Å². The van der Waals surface area contributed by atoms with E-state index in [1.54, 1.807) is 0 Å². The molecule has 0 saturated heterocycles. The average molecular weight is 412 g/mol. The number of carbonyl (C=O) groups excluding carboxylic acids is 1. The first kappa shape index (κ1) is 19.9. The van der Waals surface area contributed by atoms with Crippen molar-refractivity contribution in [2.24, 2.45) is 0 Å². The molecule has 7 heteroatoms. The van der Waals surface area contributed by atoms with E-state index in [1.807, 2.05) is 25.8 Å². The average Bonchev–Trinajstić information content (AvgIpc) is 3.09. The molecule has 1 aromatic carbocycles. The van der Waals surface area contributed by atoms with Gasteiger partial charge >= 0.3 is 6.03 Å². The molecule has 0 fully saturated rings. The van der Waals surface area contributed by atoms with Gasteiger partial charge in [0.1, 0.15) is 4.99 Å². The van der Waals surface area contributed by atoms with Gasteiger partial charge in [-0.05, 0) is 50.1 Å². The fraction of sp³-hybridized carbons (Fsp3) is 0.455. The van der Waals surface area contributed by atoms with Crippen LogP contribution in [0.4, 0.5) is 4.79 Å². The van der Waals surface area contributed by atoms with Crippen LogP contribution in [0.15, 0.2) is 24.3 Å². The lowest BCUT2D eigenvalue weighted by Gasteiger charge is -2.40. The maximum atomic E-state index is 12.6. The molecule has 0 radical (unpaired) electrons. The Morgan fingerprint density at radius 3 is 2.79 bits per heavy atom. The molecule has 29 heavy (non-hydrogen) atoms. The van der Waals surface area contributed by atoms with E-state index in [9.17, 15) is 4.79 Å². The standard InChI is InChI=1S/C22H29N5OS/c1-5-27(6-2)22(28)24-13-10-15-14-8-7-9-17-19(14)16(11-18(15)26(4)12-13)20(25-17)21(29)23-3/h7-10,13,18,25H,5-6,11-12H2,1-4H3,(H,23,29)(H,24,28)/t13-,18+/m0/s1. The van der Waals surface area contributed by atoms with Crippen LogP contribution >= 0.6 is 12.2 Å². The largest absolute Gasteiger partial charge is 0.378 e. The van der Waals surface area contributed by atoms with Gasteiger partial charge in [0.25, 0.3) is 0 Å². The number of likely N-dealkylation sites (N-methyl/N-ethyl adjacent to an activating group) is 1. The zero-order chi connectivity index (χ0) is 20.7. The summed E-state index contributed by atoms with van der Waals surface area (Å²) in [7, 11) is 4.01. The van der Waals surface area contributed by atoms with E-state index in [2.05, 4.69) is 51.8 Å². The highest BCUT2D eigenvalue weighted by Crippen LogP contribution is 2.41. The number of nitrogens with one attached hydrogen (secondary N) is 3. The van der Waals surface area contributed by atoms with E-state index in [0.717, 1.165) is 29.2 Å². The highest BCUT2D eigenvalue weighted by atomic mass is 32.1. The molecule has 2 amide bonds. The van der Waals surface area contributed by atoms with Crippen LogP contribution in [-0.4, -0.2) is 71.6 Å². The van der Waals surface area contributed by atoms with Crippen molar-refractivity contribution in [3.8, 4) is 0 Å². The lowest BCUT2D eigenvalue weighted by Crippen LogP contribution is -2.52. The Hall–Kier alpha value is -2.38. The number of nitrogens with zero attached hydrogens (tertiary/aromatic N) is 2. The Labute approximate surface area is 177 Å². The predicted molar refractivity (Wildman–Crippen MR) is 122 cm³/mol. The molecule has 1 aromatic heterocycles. The third kappa shape index (κ3) is 3.32. The Balaban J connectivity index is 1.75. The van der Waals surface area contributed by atoms with Crippen LogP contribution in [0.25, 0.3) is 16.5 Å². The summed E-state index contributed by atoms with van der Waals surface area (Å²) in [5.41, 5.74) is 5.96. The van der Waals surface area contributed by atoms with Gasteiger partial charge < -0.3 is 20.5 Å². The Morgan fingerprint density at radius 2 is 2.10 bits per heavy atom. The van der Waals surface area contributed by atoms with Crippen molar-refractivity contribution in [3.05, 3.63) is 41.1 Å². The second kappa shape index (κ2) is 7.80. The number of aromatic nitrogens is 1. The van der Waals surface area contributed by atoms with E-state index in [4.69, 9.17) is 12.2 Å². The Bertz CT molecular complexity index is 990. The molecular weight excluding hydrogens is 382 g/mol. The number of amides is 2. The van der Waals surface area contributed by atoms with Crippen LogP contribution in [0, 0.1) is 0 Å². The zero-order valence-electron chi connectivity index (χ0n) is 17.5. The molecule has 4 rings (SSSR count). The molecule has 1 aliphatic heterocycles. The molecule has 2 atom stereocenters. The summed E-state index contributed by atoms with van der Waals surface area (Å²) in [6.07, 6.45) is 3.17. The number of rotatable bonds is 4. The number of urea groups is 1. The van der Waals surface area contributed by atoms with E-state index in [0.29, 0.717) is 13.1 Å². The summed E-state index contributed by atoms with van der Waals surface area (Å²) in [5, 5.41) is 7.57. The summed E-state index contributed by atoms with van der Waals surface area (Å²) in [6.45, 7) is 6.23. The molecule has 6 nitrogen and oxygen atoms in total. The molecule has 0 unspecified atom stereocenters. The summed E-state index contributed by atoms with van der Waals surface area (Å²) in [4.78, 5) is 21.0. The van der Waals surface area contributed by atoms with Gasteiger partial charge in [0.05, 0.1) is 11.7 Å². The van der Waals surface area contributed by atoms with Crippen molar-refractivity contribution in [2.75, 3.05) is 33.7 Å². The first-order chi connectivity index (χ1) is 14.0. The lowest BCUT2D eigenvalue weighted by atomic mass is 9.80. The number of thiocarbonyl (C=S) groups is 1. The van der Waals surface area contributed by atoms with Gasteiger partial charge in [0, 0.05) is 43.6 Å². The third-order valence-corrected chi connectivity index (χ3v) is 6.61. The topological polar surface area (TPSA) is 63.4 Å². The molecule has 2 aromatic rings. The molecule has 0 spiro atoms. The minimum absolute atomic E-state index is 0.00158. The van der Waals surface area contributed by atoms with E-state index in [1.165, 1.54) is 22.1 Å². The normalized spacial score (nSPS) is 20.8. The number of hydrogen-bond donors (Lipinski definition) is 3. The van der Waals surface area contributed by atoms with Crippen molar-refractivity contribution in [2.45, 2.75) is 32.4 Å². The molecule has 2 heterocycles. The first-order valence-corrected chi connectivity index (χ1v) is 10.7. The molecular formula is C22H29N5OS. The molecule has 1 aliphatic carbocycles. The Morgan fingerprint density at radius 1 is 1.34 bits per heavy atom. The predicted octanol–water partition coefficient (Wildman–Crippen LogP) is 2.74. The van der Waals surface area contributed by atoms with Crippen molar-refractivity contribution in [3.63, 3.8) is 0 Å². The first-order valence-electron chi connectivity index (χ1n) is 10.3. The molecule has 0 saturated carbocycles. The molecule has 3 N–H and O–H groups in total. The van der Waals surface area contributed by atoms with Crippen molar-refractivity contribution in [1.82, 2.24) is 25.4 Å². The number of benzene rings is 1. The zero-order valence-corrected chi connectivity index (χ0v) is 18.3. The van der Waals surface area contributed by atoms with Crippen LogP contribution in [0.1, 0.15) is 30.7 Å². The molecule has 0 bridgehead atoms. The molecule has 154 valence electrons. The van der Waals surface area contributed by atoms with Crippen LogP contribution in [0.5, 0.6) is 0 Å². The van der Waals surface area contributed by atoms with E-state index < -0.39 is 0 Å². The maximum Gasteiger partial charge on any atom is 0.317 e. The van der Waals surface area contributed by atoms with E-state index >= 15 is 0 Å². The second-order valence-corrected chi connectivity index (χ2v) is 8.20. The fourth-order valence-corrected chi connectivity index (χ4v) is 4.89. The van der Waals surface area contributed by atoms with E-state index in [-0.39, 0.29) is 18.1 Å². The quantitative estimate of drug-likeness (QED) is 0.677. The second-order valence-electron chi connectivity index (χ2n) is 7.80. The van der Waals surface area contributed by atoms with Gasteiger partial charge in [-0.15, -0.1) is 0 Å². The number of hydrogen-bond acceptors (Lipinski definition) is 3. The van der Waals surface area contributed by atoms with Crippen LogP contribution in [0.3, 0.4) is 0 Å². The molecule has 2 aliphatic rings. The van der Waals surface area contributed by atoms with Gasteiger partial charge in [-0.25, -0.2) is 4.79 Å².